The molecule has 2 fully saturated rings. The summed E-state index contributed by atoms with van der Waals surface area (Å²) in [5, 5.41) is 6.27. The maximum absolute atomic E-state index is 12.0. The van der Waals surface area contributed by atoms with E-state index in [-0.39, 0.29) is 0 Å². The van der Waals surface area contributed by atoms with Gasteiger partial charge in [-0.1, -0.05) is 36.2 Å². The monoisotopic (exact) mass is 474 g/mol. The number of hydrogen-bond donors (Lipinski definition) is 1. The summed E-state index contributed by atoms with van der Waals surface area (Å²) in [6.07, 6.45) is 5.93. The van der Waals surface area contributed by atoms with E-state index in [1.807, 2.05) is 18.2 Å². The zero-order valence-electron chi connectivity index (χ0n) is 18.3. The molecule has 3 aliphatic rings. The molecule has 2 atom stereocenters. The molecule has 1 aliphatic heterocycles. The molecular weight excluding hydrogens is 444 g/mol. The number of halogens is 1. The number of fused-ring (bicyclic) bond motifs is 1. The molecule has 0 bridgehead atoms. The van der Waals surface area contributed by atoms with Crippen molar-refractivity contribution in [1.29, 1.82) is 0 Å². The Morgan fingerprint density at radius 3 is 2.56 bits per heavy atom. The van der Waals surface area contributed by atoms with Crippen molar-refractivity contribution < 1.29 is 13.2 Å². The van der Waals surface area contributed by atoms with E-state index in [9.17, 15) is 8.42 Å². The fourth-order valence-corrected chi connectivity index (χ4v) is 7.03. The summed E-state index contributed by atoms with van der Waals surface area (Å²) in [6.45, 7) is 2.71. The molecule has 0 radical (unpaired) electrons. The largest absolute Gasteiger partial charge is 0.494 e. The average molecular weight is 475 g/mol. The van der Waals surface area contributed by atoms with Crippen molar-refractivity contribution >= 4 is 21.6 Å². The second kappa shape index (κ2) is 8.64. The van der Waals surface area contributed by atoms with Gasteiger partial charge in [0.1, 0.15) is 5.75 Å². The molecule has 172 valence electrons. The second-order valence-electron chi connectivity index (χ2n) is 9.64. The van der Waals surface area contributed by atoms with Crippen molar-refractivity contribution in [3.8, 4) is 5.75 Å². The van der Waals surface area contributed by atoms with Crippen molar-refractivity contribution in [2.45, 2.75) is 61.7 Å². The van der Waals surface area contributed by atoms with Gasteiger partial charge in [-0.2, -0.15) is 0 Å². The normalized spacial score (nSPS) is 24.4. The Bertz CT molecular complexity index is 1100. The number of ether oxygens (including phenoxy) is 1. The van der Waals surface area contributed by atoms with Crippen molar-refractivity contribution in [3.05, 3.63) is 64.2 Å². The first-order valence-corrected chi connectivity index (χ1v) is 13.5. The summed E-state index contributed by atoms with van der Waals surface area (Å²) in [7, 11) is -3.55. The first-order chi connectivity index (χ1) is 15.3. The molecule has 2 aromatic rings. The summed E-state index contributed by atoms with van der Waals surface area (Å²) in [5.74, 6) is 1.21. The predicted molar refractivity (Wildman–Crippen MR) is 128 cm³/mol. The predicted octanol–water partition coefficient (Wildman–Crippen LogP) is 4.28. The first kappa shape index (κ1) is 22.2. The molecular formula is C25H31ClN2O3S. The highest BCUT2D eigenvalue weighted by Crippen LogP contribution is 2.43. The smallest absolute Gasteiger partial charge is 0.214 e. The maximum atomic E-state index is 12.0. The van der Waals surface area contributed by atoms with Gasteiger partial charge in [0.2, 0.25) is 10.0 Å². The van der Waals surface area contributed by atoms with Gasteiger partial charge < -0.3 is 4.74 Å². The first-order valence-electron chi connectivity index (χ1n) is 11.6. The highest BCUT2D eigenvalue weighted by molar-refractivity contribution is 7.90. The quantitative estimate of drug-likeness (QED) is 0.619. The van der Waals surface area contributed by atoms with Gasteiger partial charge in [0.05, 0.1) is 11.4 Å². The molecule has 2 unspecified atom stereocenters. The number of likely N-dealkylation sites (tertiary alicyclic amines) is 1. The average Bonchev–Trinajstić information content (AvgIpc) is 2.99. The summed E-state index contributed by atoms with van der Waals surface area (Å²) in [4.78, 5) is 2.60. The van der Waals surface area contributed by atoms with Crippen LogP contribution in [0.15, 0.2) is 42.5 Å². The Labute approximate surface area is 195 Å². The molecule has 1 saturated carbocycles. The number of rotatable bonds is 8. The maximum Gasteiger partial charge on any atom is 0.214 e. The van der Waals surface area contributed by atoms with Gasteiger partial charge in [0.25, 0.3) is 0 Å². The van der Waals surface area contributed by atoms with E-state index in [0.29, 0.717) is 37.8 Å². The number of hydrogen-bond acceptors (Lipinski definition) is 4. The molecule has 2 aromatic carbocycles. The van der Waals surface area contributed by atoms with Crippen LogP contribution in [0.5, 0.6) is 5.75 Å². The standard InChI is InChI=1S/C25H31ClN2O3S/c26-20-5-1-4-18(14-20)15-23-22-17-21(7-6-19(22)16-24(23)28-11-3-12-28)31-13-10-25(8-2-9-25)32(27,29)30/h1,4-7,14,17,23-24H,2-3,8-13,15-16H2,(H2,27,29,30). The lowest BCUT2D eigenvalue weighted by molar-refractivity contribution is 0.106. The Balaban J connectivity index is 1.33. The van der Waals surface area contributed by atoms with Gasteiger partial charge in [0.15, 0.2) is 0 Å². The van der Waals surface area contributed by atoms with E-state index in [4.69, 9.17) is 21.5 Å². The van der Waals surface area contributed by atoms with Crippen LogP contribution in [0.4, 0.5) is 0 Å². The van der Waals surface area contributed by atoms with Crippen LogP contribution >= 0.6 is 11.6 Å². The zero-order chi connectivity index (χ0) is 22.3. The summed E-state index contributed by atoms with van der Waals surface area (Å²) < 4.78 is 29.3. The van der Waals surface area contributed by atoms with Crippen LogP contribution in [0.2, 0.25) is 5.02 Å². The van der Waals surface area contributed by atoms with Crippen LogP contribution in [0, 0.1) is 0 Å². The molecule has 2 aliphatic carbocycles. The highest BCUT2D eigenvalue weighted by Gasteiger charge is 2.46. The molecule has 5 nitrogen and oxygen atoms in total. The van der Waals surface area contributed by atoms with E-state index in [2.05, 4.69) is 29.2 Å². The van der Waals surface area contributed by atoms with E-state index in [1.54, 1.807) is 0 Å². The molecule has 32 heavy (non-hydrogen) atoms. The van der Waals surface area contributed by atoms with E-state index < -0.39 is 14.8 Å². The number of primary sulfonamides is 1. The lowest BCUT2D eigenvalue weighted by Crippen LogP contribution is -2.49. The summed E-state index contributed by atoms with van der Waals surface area (Å²) in [5.41, 5.74) is 4.00. The molecule has 2 N–H and O–H groups in total. The Hall–Kier alpha value is -1.60. The SMILES string of the molecule is NS(=O)(=O)C1(CCOc2ccc3c(c2)C(Cc2cccc(Cl)c2)C(N2CCC2)C3)CCC1. The summed E-state index contributed by atoms with van der Waals surface area (Å²) >= 11 is 6.25. The van der Waals surface area contributed by atoms with Crippen LogP contribution in [-0.4, -0.2) is 43.8 Å². The van der Waals surface area contributed by atoms with Crippen LogP contribution in [-0.2, 0) is 22.9 Å². The van der Waals surface area contributed by atoms with Gasteiger partial charge in [-0.3, -0.25) is 4.90 Å². The van der Waals surface area contributed by atoms with Gasteiger partial charge in [0, 0.05) is 23.4 Å². The molecule has 0 aromatic heterocycles. The lowest BCUT2D eigenvalue weighted by Gasteiger charge is -2.39. The fraction of sp³-hybridized carbons (Fsp3) is 0.520. The molecule has 1 saturated heterocycles. The molecule has 0 amide bonds. The molecule has 5 rings (SSSR count). The topological polar surface area (TPSA) is 72.6 Å². The third kappa shape index (κ3) is 4.18. The van der Waals surface area contributed by atoms with Gasteiger partial charge in [-0.15, -0.1) is 0 Å². The Morgan fingerprint density at radius 1 is 1.12 bits per heavy atom. The number of sulfonamides is 1. The second-order valence-corrected chi connectivity index (χ2v) is 12.0. The fourth-order valence-electron chi connectivity index (χ4n) is 5.59. The van der Waals surface area contributed by atoms with Gasteiger partial charge >= 0.3 is 0 Å². The zero-order valence-corrected chi connectivity index (χ0v) is 19.9. The van der Waals surface area contributed by atoms with Crippen molar-refractivity contribution in [3.63, 3.8) is 0 Å². The van der Waals surface area contributed by atoms with E-state index in [0.717, 1.165) is 30.0 Å². The van der Waals surface area contributed by atoms with Crippen LogP contribution in [0.3, 0.4) is 0 Å². The molecule has 7 heteroatoms. The van der Waals surface area contributed by atoms with Crippen LogP contribution in [0.25, 0.3) is 0 Å². The van der Waals surface area contributed by atoms with E-state index >= 15 is 0 Å². The van der Waals surface area contributed by atoms with Gasteiger partial charge in [-0.25, -0.2) is 13.6 Å². The van der Waals surface area contributed by atoms with Crippen LogP contribution < -0.4 is 9.88 Å². The summed E-state index contributed by atoms with van der Waals surface area (Å²) in [6, 6.07) is 15.1. The highest BCUT2D eigenvalue weighted by atomic mass is 35.5. The number of nitrogens with two attached hydrogens (primary N) is 1. The molecule has 0 spiro atoms. The number of benzene rings is 2. The van der Waals surface area contributed by atoms with Crippen molar-refractivity contribution in [2.24, 2.45) is 5.14 Å². The minimum atomic E-state index is -3.55. The van der Waals surface area contributed by atoms with Crippen LogP contribution in [0.1, 0.15) is 54.7 Å². The van der Waals surface area contributed by atoms with Crippen molar-refractivity contribution in [2.75, 3.05) is 19.7 Å². The number of nitrogens with zero attached hydrogens (tertiary/aromatic N) is 1. The Kier molecular flexibility index (Phi) is 5.99. The van der Waals surface area contributed by atoms with Gasteiger partial charge in [-0.05, 0) is 86.1 Å². The van der Waals surface area contributed by atoms with E-state index in [1.165, 1.54) is 36.2 Å². The Morgan fingerprint density at radius 2 is 1.94 bits per heavy atom. The minimum Gasteiger partial charge on any atom is -0.494 e. The third-order valence-corrected chi connectivity index (χ3v) is 9.86. The third-order valence-electron chi connectivity index (χ3n) is 7.81. The van der Waals surface area contributed by atoms with Crippen molar-refractivity contribution in [1.82, 2.24) is 4.90 Å². The minimum absolute atomic E-state index is 0.365. The lowest BCUT2D eigenvalue weighted by atomic mass is 9.82. The molecule has 1 heterocycles.